The van der Waals surface area contributed by atoms with Gasteiger partial charge < -0.3 is 29.0 Å². The normalized spacial score (nSPS) is 18.3. The number of carbonyl (C=O) groups excluding carboxylic acids is 5. The fourth-order valence-corrected chi connectivity index (χ4v) is 9.52. The van der Waals surface area contributed by atoms with Crippen LogP contribution in [0.1, 0.15) is 63.1 Å². The van der Waals surface area contributed by atoms with Gasteiger partial charge in [0.2, 0.25) is 21.8 Å². The highest BCUT2D eigenvalue weighted by molar-refractivity contribution is 7.90. The van der Waals surface area contributed by atoms with Crippen molar-refractivity contribution in [3.63, 3.8) is 0 Å². The van der Waals surface area contributed by atoms with Gasteiger partial charge >= 0.3 is 6.03 Å². The molecule has 3 aromatic rings. The lowest BCUT2D eigenvalue weighted by Gasteiger charge is -2.39. The van der Waals surface area contributed by atoms with Crippen molar-refractivity contribution in [1.29, 1.82) is 0 Å². The molecular formula is C40H47N7O11S. The second kappa shape index (κ2) is 16.8. The van der Waals surface area contributed by atoms with E-state index in [2.05, 4.69) is 15.4 Å². The van der Waals surface area contributed by atoms with E-state index in [1.165, 1.54) is 16.7 Å². The molecule has 1 unspecified atom stereocenters. The number of sulfonamides is 1. The highest BCUT2D eigenvalue weighted by Crippen LogP contribution is 2.39. The lowest BCUT2D eigenvalue weighted by atomic mass is 9.91. The first-order valence-electron chi connectivity index (χ1n) is 19.4. The molecule has 0 saturated carbocycles. The van der Waals surface area contributed by atoms with Crippen LogP contribution < -0.4 is 35.1 Å². The lowest BCUT2D eigenvalue weighted by Crippen LogP contribution is -2.57. The second-order valence-electron chi connectivity index (χ2n) is 15.0. The van der Waals surface area contributed by atoms with Crippen LogP contribution in [-0.4, -0.2) is 123 Å². The zero-order chi connectivity index (χ0) is 42.2. The summed E-state index contributed by atoms with van der Waals surface area (Å²) in [7, 11) is 2.76. The Morgan fingerprint density at radius 1 is 0.915 bits per heavy atom. The molecule has 7 rings (SSSR count). The molecule has 3 N–H and O–H groups in total. The number of ether oxygens (including phenoxy) is 3. The van der Waals surface area contributed by atoms with Gasteiger partial charge in [0.15, 0.2) is 0 Å². The molecule has 1 aromatic heterocycles. The molecule has 19 heteroatoms. The molecule has 5 heterocycles. The van der Waals surface area contributed by atoms with Gasteiger partial charge in [-0.1, -0.05) is 0 Å². The fourth-order valence-electron chi connectivity index (χ4n) is 8.04. The minimum Gasteiger partial charge on any atom is -0.496 e. The predicted octanol–water partition coefficient (Wildman–Crippen LogP) is 1.13. The molecule has 0 aliphatic carbocycles. The number of piperidine rings is 1. The van der Waals surface area contributed by atoms with Gasteiger partial charge in [0.05, 0.1) is 44.1 Å². The molecule has 1 atom stereocenters. The van der Waals surface area contributed by atoms with E-state index in [0.717, 1.165) is 27.2 Å². The number of benzene rings is 2. The molecule has 2 saturated heterocycles. The molecular weight excluding hydrogens is 787 g/mol. The van der Waals surface area contributed by atoms with Crippen molar-refractivity contribution in [3.05, 3.63) is 74.7 Å². The number of nitrogens with zero attached hydrogens (tertiary/aromatic N) is 4. The van der Waals surface area contributed by atoms with Crippen LogP contribution in [0.25, 0.3) is 11.1 Å². The number of likely N-dealkylation sites (tertiary alicyclic amines) is 1. The Kier molecular flexibility index (Phi) is 11.8. The van der Waals surface area contributed by atoms with Crippen molar-refractivity contribution in [3.8, 4) is 28.4 Å². The Labute approximate surface area is 340 Å². The molecule has 4 aliphatic heterocycles. The number of nitrogens with one attached hydrogen (secondary N) is 3. The monoisotopic (exact) mass is 833 g/mol. The van der Waals surface area contributed by atoms with Gasteiger partial charge in [-0.3, -0.25) is 39.1 Å². The smallest absolute Gasteiger partial charge is 0.317 e. The van der Waals surface area contributed by atoms with Gasteiger partial charge in [-0.2, -0.15) is 0 Å². The van der Waals surface area contributed by atoms with E-state index in [4.69, 9.17) is 14.2 Å². The largest absolute Gasteiger partial charge is 0.496 e. The number of unbranched alkanes of at least 4 members (excludes halogenated alkanes) is 1. The summed E-state index contributed by atoms with van der Waals surface area (Å²) in [6.07, 6.45) is 3.39. The highest BCUT2D eigenvalue weighted by atomic mass is 32.2. The molecule has 0 radical (unpaired) electrons. The predicted molar refractivity (Wildman–Crippen MR) is 213 cm³/mol. The summed E-state index contributed by atoms with van der Waals surface area (Å²) in [4.78, 5) is 79.8. The van der Waals surface area contributed by atoms with Crippen LogP contribution in [0.4, 0.5) is 4.79 Å². The van der Waals surface area contributed by atoms with E-state index in [-0.39, 0.29) is 55.3 Å². The quantitative estimate of drug-likeness (QED) is 0.154. The van der Waals surface area contributed by atoms with Crippen LogP contribution in [0, 0.1) is 0 Å². The van der Waals surface area contributed by atoms with E-state index < -0.39 is 44.9 Å². The molecule has 0 spiro atoms. The minimum atomic E-state index is -3.60. The first-order valence-corrected chi connectivity index (χ1v) is 20.9. The standard InChI is InChI=1S/C40H47N7O11S/c1-41-40(53)46-13-11-26-29(20-44(2)37(50)30(26)22-46)23-15-33(56-3)31(34(16-23)57-4)21-45-18-25(19-45)59(54,55)42-12-5-6-14-58-24-7-8-27-28(17-24)39(52)47(38(27)51)32-9-10-35(48)43-36(32)49/h7-8,15-17,20,25,32,42H,5-6,9-14,18-19,21-22H2,1-4H3,(H,41,53)(H,43,48,49). The van der Waals surface area contributed by atoms with E-state index in [0.29, 0.717) is 68.3 Å². The molecule has 2 fully saturated rings. The average Bonchev–Trinajstić information content (AvgIpc) is 3.45. The molecule has 6 amide bonds. The Bertz CT molecular complexity index is 2370. The van der Waals surface area contributed by atoms with Crippen molar-refractivity contribution in [1.82, 2.24) is 34.6 Å². The summed E-state index contributed by atoms with van der Waals surface area (Å²) >= 11 is 0. The number of pyridine rings is 1. The number of rotatable bonds is 14. The maximum absolute atomic E-state index is 13.1. The number of hydrogen-bond donors (Lipinski definition) is 3. The number of amides is 6. The molecule has 18 nitrogen and oxygen atoms in total. The number of carbonyl (C=O) groups is 5. The fraction of sp³-hybridized carbons (Fsp3) is 0.450. The van der Waals surface area contributed by atoms with Crippen LogP contribution in [0.15, 0.2) is 41.3 Å². The number of aryl methyl sites for hydroxylation is 1. The topological polar surface area (TPSA) is 215 Å². The number of hydrogen-bond acceptors (Lipinski definition) is 12. The van der Waals surface area contributed by atoms with Crippen LogP contribution >= 0.6 is 0 Å². The van der Waals surface area contributed by atoms with Crippen molar-refractivity contribution >= 4 is 39.7 Å². The number of fused-ring (bicyclic) bond motifs is 2. The van der Waals surface area contributed by atoms with Crippen molar-refractivity contribution < 1.29 is 46.6 Å². The molecule has 314 valence electrons. The van der Waals surface area contributed by atoms with Crippen LogP contribution in [0.3, 0.4) is 0 Å². The summed E-state index contributed by atoms with van der Waals surface area (Å²) in [5.41, 5.74) is 3.94. The van der Waals surface area contributed by atoms with Crippen LogP contribution in [0.5, 0.6) is 17.2 Å². The van der Waals surface area contributed by atoms with Crippen molar-refractivity contribution in [2.24, 2.45) is 7.05 Å². The third kappa shape index (κ3) is 8.13. The van der Waals surface area contributed by atoms with Crippen LogP contribution in [0.2, 0.25) is 0 Å². The third-order valence-electron chi connectivity index (χ3n) is 11.3. The SMILES string of the molecule is CNC(=O)N1CCc2c(-c3cc(OC)c(CN4CC(S(=O)(=O)NCCCCOc5ccc6c(c5)C(=O)N(C5CCC(=O)NC5=O)C6=O)C4)c(OC)c3)cn(C)c(=O)c2C1. The third-order valence-corrected chi connectivity index (χ3v) is 13.1. The van der Waals surface area contributed by atoms with Gasteiger partial charge in [0.1, 0.15) is 28.5 Å². The summed E-state index contributed by atoms with van der Waals surface area (Å²) < 4.78 is 47.9. The van der Waals surface area contributed by atoms with E-state index >= 15 is 0 Å². The maximum Gasteiger partial charge on any atom is 0.317 e. The summed E-state index contributed by atoms with van der Waals surface area (Å²) in [6.45, 7) is 2.11. The number of urea groups is 1. The molecule has 4 aliphatic rings. The lowest BCUT2D eigenvalue weighted by molar-refractivity contribution is -0.136. The van der Waals surface area contributed by atoms with Crippen molar-refractivity contribution in [2.75, 3.05) is 54.1 Å². The summed E-state index contributed by atoms with van der Waals surface area (Å²) in [5.74, 6) is -0.875. The summed E-state index contributed by atoms with van der Waals surface area (Å²) in [6, 6.07) is 6.98. The van der Waals surface area contributed by atoms with E-state index in [9.17, 15) is 37.2 Å². The minimum absolute atomic E-state index is 0.0304. The van der Waals surface area contributed by atoms with E-state index in [1.807, 2.05) is 17.0 Å². The van der Waals surface area contributed by atoms with Crippen LogP contribution in [-0.2, 0) is 46.2 Å². The van der Waals surface area contributed by atoms with Gasteiger partial charge in [-0.05, 0) is 67.1 Å². The second-order valence-corrected chi connectivity index (χ2v) is 17.0. The number of methoxy groups -OCH3 is 2. The van der Waals surface area contributed by atoms with Gasteiger partial charge in [-0.25, -0.2) is 17.9 Å². The van der Waals surface area contributed by atoms with E-state index in [1.54, 1.807) is 45.5 Å². The van der Waals surface area contributed by atoms with Gasteiger partial charge in [0.25, 0.3) is 17.4 Å². The maximum atomic E-state index is 13.1. The zero-order valence-electron chi connectivity index (χ0n) is 33.3. The average molecular weight is 834 g/mol. The Morgan fingerprint density at radius 2 is 1.63 bits per heavy atom. The Balaban J connectivity index is 0.899. The number of imide groups is 2. The zero-order valence-corrected chi connectivity index (χ0v) is 34.1. The first-order chi connectivity index (χ1) is 28.2. The van der Waals surface area contributed by atoms with Crippen molar-refractivity contribution in [2.45, 2.75) is 56.5 Å². The highest BCUT2D eigenvalue weighted by Gasteiger charge is 2.45. The summed E-state index contributed by atoms with van der Waals surface area (Å²) in [5, 5.41) is 4.20. The molecule has 59 heavy (non-hydrogen) atoms. The van der Waals surface area contributed by atoms with Gasteiger partial charge in [-0.15, -0.1) is 0 Å². The number of aromatic nitrogens is 1. The molecule has 2 aromatic carbocycles. The van der Waals surface area contributed by atoms with Gasteiger partial charge in [0, 0.05) is 70.6 Å². The first kappa shape index (κ1) is 41.4. The molecule has 0 bridgehead atoms. The Hall–Kier alpha value is -5.79. The Morgan fingerprint density at radius 3 is 2.31 bits per heavy atom.